The summed E-state index contributed by atoms with van der Waals surface area (Å²) in [4.78, 5) is 25.1. The van der Waals surface area contributed by atoms with E-state index < -0.39 is 23.8 Å². The number of hydrogen-bond donors (Lipinski definition) is 3. The van der Waals surface area contributed by atoms with Gasteiger partial charge in [-0.1, -0.05) is 54.6 Å². The number of rotatable bonds is 8. The fourth-order valence-electron chi connectivity index (χ4n) is 4.02. The quantitative estimate of drug-likeness (QED) is 0.261. The van der Waals surface area contributed by atoms with Crippen LogP contribution in [0.2, 0.25) is 0 Å². The Morgan fingerprint density at radius 1 is 0.974 bits per heavy atom. The molecule has 0 radical (unpaired) electrons. The third-order valence-corrected chi connectivity index (χ3v) is 5.79. The van der Waals surface area contributed by atoms with Crippen molar-refractivity contribution in [3.05, 3.63) is 90.1 Å². The summed E-state index contributed by atoms with van der Waals surface area (Å²) in [5.74, 6) is -2.25. The number of nitrogens with zero attached hydrogens (tertiary/aromatic N) is 2. The predicted molar refractivity (Wildman–Crippen MR) is 140 cm³/mol. The molecule has 0 bridgehead atoms. The first-order valence-electron chi connectivity index (χ1n) is 11.9. The first-order valence-corrected chi connectivity index (χ1v) is 11.9. The van der Waals surface area contributed by atoms with Crippen molar-refractivity contribution in [1.29, 1.82) is 0 Å². The van der Waals surface area contributed by atoms with E-state index in [1.807, 2.05) is 0 Å². The fraction of sp³-hybridized carbons (Fsp3) is 0.250. The highest BCUT2D eigenvalue weighted by molar-refractivity contribution is 5.94. The molecule has 4 rings (SSSR count). The maximum atomic E-state index is 12.7. The Kier molecular flexibility index (Phi) is 10.0. The molecule has 0 fully saturated rings. The minimum Gasteiger partial charge on any atom is -0.478 e. The highest BCUT2D eigenvalue weighted by Crippen LogP contribution is 2.30. The Hall–Kier alpha value is -4.18. The van der Waals surface area contributed by atoms with Gasteiger partial charge < -0.3 is 15.5 Å². The molecule has 0 saturated carbocycles. The largest absolute Gasteiger partial charge is 0.478 e. The van der Waals surface area contributed by atoms with Crippen molar-refractivity contribution in [2.45, 2.75) is 19.0 Å². The summed E-state index contributed by atoms with van der Waals surface area (Å²) >= 11 is 0. The van der Waals surface area contributed by atoms with Crippen LogP contribution >= 0.6 is 0 Å². The fourth-order valence-corrected chi connectivity index (χ4v) is 4.02. The molecule has 38 heavy (non-hydrogen) atoms. The molecule has 0 unspecified atom stereocenters. The average Bonchev–Trinajstić information content (AvgIpc) is 2.90. The highest BCUT2D eigenvalue weighted by atomic mass is 19.4. The van der Waals surface area contributed by atoms with Gasteiger partial charge in [-0.3, -0.25) is 4.90 Å². The minimum absolute atomic E-state index is 0.265. The Balaban J connectivity index is 0.000000436. The molecule has 0 amide bonds. The van der Waals surface area contributed by atoms with Crippen molar-refractivity contribution in [2.24, 2.45) is 0 Å². The van der Waals surface area contributed by atoms with Crippen molar-refractivity contribution < 1.29 is 33.0 Å². The number of halogens is 3. The topological polar surface area (TPSA) is 103 Å². The van der Waals surface area contributed by atoms with Crippen LogP contribution in [-0.2, 0) is 15.8 Å². The van der Waals surface area contributed by atoms with Crippen LogP contribution in [0.5, 0.6) is 0 Å². The minimum atomic E-state index is -4.42. The molecule has 0 atom stereocenters. The molecule has 0 aliphatic carbocycles. The summed E-state index contributed by atoms with van der Waals surface area (Å²) in [6.45, 7) is 3.35. The molecular formula is C28H28F3N3O4. The van der Waals surface area contributed by atoms with Gasteiger partial charge in [0.25, 0.3) is 0 Å². The molecule has 2 heterocycles. The molecule has 1 aliphatic heterocycles. The molecule has 2 aromatic carbocycles. The van der Waals surface area contributed by atoms with E-state index in [2.05, 4.69) is 63.7 Å². The van der Waals surface area contributed by atoms with Gasteiger partial charge in [0, 0.05) is 38.3 Å². The van der Waals surface area contributed by atoms with Gasteiger partial charge in [0.2, 0.25) is 0 Å². The summed E-state index contributed by atoms with van der Waals surface area (Å²) in [6, 6.07) is 18.8. The van der Waals surface area contributed by atoms with Crippen LogP contribution in [0, 0.1) is 0 Å². The second kappa shape index (κ2) is 13.4. The zero-order valence-corrected chi connectivity index (χ0v) is 20.5. The SMILES string of the molecule is FC(F)(F)c1cccc(NCCCN2CC=C(c3cccc4ccccc34)CC2)n1.O=C(O)C=CC(=O)O. The number of anilines is 1. The van der Waals surface area contributed by atoms with Crippen molar-refractivity contribution in [1.82, 2.24) is 9.88 Å². The predicted octanol–water partition coefficient (Wildman–Crippen LogP) is 5.56. The summed E-state index contributed by atoms with van der Waals surface area (Å²) in [7, 11) is 0. The number of hydrogen-bond acceptors (Lipinski definition) is 5. The van der Waals surface area contributed by atoms with Crippen LogP contribution in [0.15, 0.2) is 78.9 Å². The standard InChI is InChI=1S/C24H24F3N3.C4H4O4/c25-24(26,27)22-10-4-11-23(29-22)28-14-5-15-30-16-12-19(13-17-30)21-9-3-7-18-6-1-2-8-20(18)21;5-3(6)1-2-4(7)8/h1-4,6-12H,5,13-17H2,(H,28,29);1-2H,(H,5,6)(H,7,8). The van der Waals surface area contributed by atoms with Crippen LogP contribution in [0.3, 0.4) is 0 Å². The number of carboxylic acids is 2. The molecular weight excluding hydrogens is 499 g/mol. The van der Waals surface area contributed by atoms with Gasteiger partial charge in [0.1, 0.15) is 11.5 Å². The monoisotopic (exact) mass is 527 g/mol. The molecule has 0 spiro atoms. The van der Waals surface area contributed by atoms with Crippen molar-refractivity contribution in [2.75, 3.05) is 31.5 Å². The number of alkyl halides is 3. The van der Waals surface area contributed by atoms with E-state index in [1.54, 1.807) is 6.07 Å². The van der Waals surface area contributed by atoms with E-state index in [9.17, 15) is 22.8 Å². The summed E-state index contributed by atoms with van der Waals surface area (Å²) < 4.78 is 38.2. The van der Waals surface area contributed by atoms with Crippen LogP contribution < -0.4 is 5.32 Å². The Labute approximate surface area is 217 Å². The lowest BCUT2D eigenvalue weighted by Crippen LogP contribution is -2.30. The number of pyridine rings is 1. The number of aliphatic carboxylic acids is 2. The number of carboxylic acid groups (broad SMARTS) is 2. The van der Waals surface area contributed by atoms with E-state index in [-0.39, 0.29) is 5.82 Å². The molecule has 0 saturated heterocycles. The van der Waals surface area contributed by atoms with Crippen molar-refractivity contribution in [3.8, 4) is 0 Å². The lowest BCUT2D eigenvalue weighted by atomic mass is 9.94. The highest BCUT2D eigenvalue weighted by Gasteiger charge is 2.32. The lowest BCUT2D eigenvalue weighted by Gasteiger charge is -2.27. The summed E-state index contributed by atoms with van der Waals surface area (Å²) in [5.41, 5.74) is 1.83. The molecule has 200 valence electrons. The second-order valence-corrected chi connectivity index (χ2v) is 8.50. The van der Waals surface area contributed by atoms with Crippen molar-refractivity contribution in [3.63, 3.8) is 0 Å². The van der Waals surface area contributed by atoms with Gasteiger partial charge in [-0.15, -0.1) is 0 Å². The van der Waals surface area contributed by atoms with E-state index in [1.165, 1.54) is 28.0 Å². The van der Waals surface area contributed by atoms with E-state index in [0.29, 0.717) is 18.7 Å². The third kappa shape index (κ3) is 8.74. The Morgan fingerprint density at radius 3 is 2.32 bits per heavy atom. The third-order valence-electron chi connectivity index (χ3n) is 5.79. The Bertz CT molecular complexity index is 1300. The number of aromatic nitrogens is 1. The zero-order chi connectivity index (χ0) is 27.5. The van der Waals surface area contributed by atoms with Crippen molar-refractivity contribution >= 4 is 34.1 Å². The van der Waals surface area contributed by atoms with Crippen LogP contribution in [0.25, 0.3) is 16.3 Å². The summed E-state index contributed by atoms with van der Waals surface area (Å²) in [6.07, 6.45) is 0.837. The van der Waals surface area contributed by atoms with Crippen LogP contribution in [0.4, 0.5) is 19.0 Å². The number of fused-ring (bicyclic) bond motifs is 1. The Morgan fingerprint density at radius 2 is 1.66 bits per heavy atom. The number of benzene rings is 2. The van der Waals surface area contributed by atoms with Gasteiger partial charge in [-0.2, -0.15) is 13.2 Å². The molecule has 7 nitrogen and oxygen atoms in total. The van der Waals surface area contributed by atoms with E-state index in [0.717, 1.165) is 38.5 Å². The van der Waals surface area contributed by atoms with E-state index in [4.69, 9.17) is 10.2 Å². The molecule has 3 aromatic rings. The maximum absolute atomic E-state index is 12.7. The van der Waals surface area contributed by atoms with Gasteiger partial charge in [-0.25, -0.2) is 14.6 Å². The zero-order valence-electron chi connectivity index (χ0n) is 20.5. The number of carbonyl (C=O) groups is 2. The second-order valence-electron chi connectivity index (χ2n) is 8.50. The first-order chi connectivity index (χ1) is 18.1. The number of nitrogens with one attached hydrogen (secondary N) is 1. The molecule has 1 aromatic heterocycles. The van der Waals surface area contributed by atoms with E-state index >= 15 is 0 Å². The molecule has 10 heteroatoms. The molecule has 1 aliphatic rings. The van der Waals surface area contributed by atoms with Crippen LogP contribution in [-0.4, -0.2) is 58.2 Å². The maximum Gasteiger partial charge on any atom is 0.433 e. The smallest absolute Gasteiger partial charge is 0.433 e. The average molecular weight is 528 g/mol. The first kappa shape index (κ1) is 28.4. The van der Waals surface area contributed by atoms with Crippen LogP contribution in [0.1, 0.15) is 24.1 Å². The normalized spacial score (nSPS) is 14.0. The van der Waals surface area contributed by atoms with Gasteiger partial charge in [0.05, 0.1) is 0 Å². The van der Waals surface area contributed by atoms with Gasteiger partial charge in [-0.05, 0) is 46.9 Å². The van der Waals surface area contributed by atoms with Gasteiger partial charge >= 0.3 is 18.1 Å². The lowest BCUT2D eigenvalue weighted by molar-refractivity contribution is -0.141. The van der Waals surface area contributed by atoms with Gasteiger partial charge in [0.15, 0.2) is 0 Å². The summed E-state index contributed by atoms with van der Waals surface area (Å²) in [5, 5.41) is 21.2. The molecule has 3 N–H and O–H groups in total.